The van der Waals surface area contributed by atoms with E-state index >= 15 is 0 Å². The molecular weight excluding hydrogens is 216 g/mol. The van der Waals surface area contributed by atoms with Gasteiger partial charge in [-0.1, -0.05) is 18.2 Å². The smallest absolute Gasteiger partial charge is 0.258 e. The van der Waals surface area contributed by atoms with Gasteiger partial charge in [-0.25, -0.2) is 9.97 Å². The van der Waals surface area contributed by atoms with Gasteiger partial charge in [-0.15, -0.1) is 0 Å². The normalized spacial score (nSPS) is 14.1. The number of nitrogens with zero attached hydrogens (tertiary/aromatic N) is 3. The first-order valence-electron chi connectivity index (χ1n) is 5.27. The summed E-state index contributed by atoms with van der Waals surface area (Å²) < 4.78 is 0. The van der Waals surface area contributed by atoms with Crippen LogP contribution in [-0.2, 0) is 0 Å². The van der Waals surface area contributed by atoms with Crippen LogP contribution in [0.1, 0.15) is 10.4 Å². The first-order chi connectivity index (χ1) is 8.36. The minimum absolute atomic E-state index is 0.132. The van der Waals surface area contributed by atoms with Crippen LogP contribution in [0, 0.1) is 0 Å². The third kappa shape index (κ3) is 1.61. The zero-order chi connectivity index (χ0) is 11.7. The molecule has 0 bridgehead atoms. The Hall–Kier alpha value is -2.43. The molecule has 84 valence electrons. The average molecular weight is 226 g/mol. The Labute approximate surface area is 98.1 Å². The van der Waals surface area contributed by atoms with E-state index in [2.05, 4.69) is 15.3 Å². The van der Waals surface area contributed by atoms with Crippen molar-refractivity contribution in [1.82, 2.24) is 15.3 Å². The number of hydrogen-bond acceptors (Lipinski definition) is 4. The second kappa shape index (κ2) is 3.86. The molecule has 1 aliphatic heterocycles. The molecule has 0 saturated carbocycles. The first kappa shape index (κ1) is 9.77. The molecule has 0 unspecified atom stereocenters. The number of aromatic nitrogens is 2. The minimum atomic E-state index is -0.132. The van der Waals surface area contributed by atoms with Gasteiger partial charge in [0.15, 0.2) is 5.82 Å². The lowest BCUT2D eigenvalue weighted by Gasteiger charge is -2.29. The number of amides is 1. The summed E-state index contributed by atoms with van der Waals surface area (Å²) in [6.45, 7) is 0.423. The van der Waals surface area contributed by atoms with Crippen molar-refractivity contribution in [2.45, 2.75) is 0 Å². The van der Waals surface area contributed by atoms with Crippen molar-refractivity contribution in [2.24, 2.45) is 0 Å². The first-order valence-corrected chi connectivity index (χ1v) is 5.27. The number of rotatable bonds is 1. The molecule has 2 aromatic rings. The minimum Gasteiger partial charge on any atom is -0.334 e. The van der Waals surface area contributed by atoms with Gasteiger partial charge < -0.3 is 10.2 Å². The topological polar surface area (TPSA) is 58.1 Å². The van der Waals surface area contributed by atoms with Gasteiger partial charge >= 0.3 is 0 Å². The van der Waals surface area contributed by atoms with Gasteiger partial charge in [-0.05, 0) is 12.1 Å². The van der Waals surface area contributed by atoms with Gasteiger partial charge in [-0.3, -0.25) is 4.79 Å². The summed E-state index contributed by atoms with van der Waals surface area (Å²) in [4.78, 5) is 21.6. The molecule has 0 aliphatic carbocycles. The van der Waals surface area contributed by atoms with E-state index < -0.39 is 0 Å². The van der Waals surface area contributed by atoms with Crippen LogP contribution in [0.15, 0.2) is 42.9 Å². The molecule has 0 atom stereocenters. The van der Waals surface area contributed by atoms with Gasteiger partial charge in [0.25, 0.3) is 5.91 Å². The van der Waals surface area contributed by atoms with E-state index in [-0.39, 0.29) is 5.91 Å². The molecule has 5 heteroatoms. The van der Waals surface area contributed by atoms with Crippen molar-refractivity contribution < 1.29 is 4.79 Å². The van der Waals surface area contributed by atoms with Gasteiger partial charge in [0.05, 0.1) is 6.67 Å². The highest BCUT2D eigenvalue weighted by molar-refractivity contribution is 6.01. The highest BCUT2D eigenvalue weighted by Gasteiger charge is 2.24. The predicted octanol–water partition coefficient (Wildman–Crippen LogP) is 1.32. The number of carbonyl (C=O) groups is 1. The SMILES string of the molecule is O=C1NCN(c2ccccc2)c2ncncc21. The van der Waals surface area contributed by atoms with E-state index in [9.17, 15) is 4.79 Å². The van der Waals surface area contributed by atoms with Gasteiger partial charge in [-0.2, -0.15) is 0 Å². The molecule has 0 fully saturated rings. The van der Waals surface area contributed by atoms with Crippen molar-refractivity contribution in [2.75, 3.05) is 11.6 Å². The Morgan fingerprint density at radius 2 is 2.06 bits per heavy atom. The average Bonchev–Trinajstić information content (AvgIpc) is 2.41. The fraction of sp³-hybridized carbons (Fsp3) is 0.0833. The van der Waals surface area contributed by atoms with Crippen molar-refractivity contribution in [3.8, 4) is 0 Å². The van der Waals surface area contributed by atoms with Crippen LogP contribution in [-0.4, -0.2) is 22.5 Å². The van der Waals surface area contributed by atoms with E-state index in [1.165, 1.54) is 12.5 Å². The van der Waals surface area contributed by atoms with E-state index in [0.29, 0.717) is 18.1 Å². The van der Waals surface area contributed by atoms with Crippen LogP contribution in [0.4, 0.5) is 11.5 Å². The summed E-state index contributed by atoms with van der Waals surface area (Å²) in [6.07, 6.45) is 2.99. The number of anilines is 2. The monoisotopic (exact) mass is 226 g/mol. The number of hydrogen-bond donors (Lipinski definition) is 1. The predicted molar refractivity (Wildman–Crippen MR) is 62.9 cm³/mol. The summed E-state index contributed by atoms with van der Waals surface area (Å²) in [5.74, 6) is 0.516. The number of nitrogens with one attached hydrogen (secondary N) is 1. The van der Waals surface area contributed by atoms with Crippen LogP contribution >= 0.6 is 0 Å². The molecule has 1 amide bonds. The largest absolute Gasteiger partial charge is 0.334 e. The molecule has 0 spiro atoms. The number of para-hydroxylation sites is 1. The van der Waals surface area contributed by atoms with Gasteiger partial charge in [0.2, 0.25) is 0 Å². The Kier molecular flexibility index (Phi) is 2.22. The maximum atomic E-state index is 11.6. The van der Waals surface area contributed by atoms with Gasteiger partial charge in [0.1, 0.15) is 11.9 Å². The summed E-state index contributed by atoms with van der Waals surface area (Å²) in [7, 11) is 0. The molecule has 1 N–H and O–H groups in total. The third-order valence-electron chi connectivity index (χ3n) is 2.66. The maximum absolute atomic E-state index is 11.6. The standard InChI is InChI=1S/C12H10N4O/c17-12-10-6-13-7-14-11(10)16(8-15-12)9-4-2-1-3-5-9/h1-7H,8H2,(H,15,17). The summed E-state index contributed by atoms with van der Waals surface area (Å²) in [5, 5.41) is 2.79. The lowest BCUT2D eigenvalue weighted by Crippen LogP contribution is -2.41. The second-order valence-corrected chi connectivity index (χ2v) is 3.69. The molecule has 17 heavy (non-hydrogen) atoms. The number of fused-ring (bicyclic) bond motifs is 1. The quantitative estimate of drug-likeness (QED) is 0.796. The number of carbonyl (C=O) groups excluding carboxylic acids is 1. The van der Waals surface area contributed by atoms with E-state index in [0.717, 1.165) is 5.69 Å². The molecule has 1 aliphatic rings. The van der Waals surface area contributed by atoms with E-state index in [1.807, 2.05) is 35.2 Å². The number of benzene rings is 1. The van der Waals surface area contributed by atoms with Crippen LogP contribution < -0.4 is 10.2 Å². The molecule has 0 radical (unpaired) electrons. The van der Waals surface area contributed by atoms with Crippen LogP contribution in [0.25, 0.3) is 0 Å². The molecule has 3 rings (SSSR count). The molecule has 2 heterocycles. The fourth-order valence-electron chi connectivity index (χ4n) is 1.84. The summed E-state index contributed by atoms with van der Waals surface area (Å²) in [6, 6.07) is 9.80. The maximum Gasteiger partial charge on any atom is 0.258 e. The highest BCUT2D eigenvalue weighted by atomic mass is 16.2. The Morgan fingerprint density at radius 1 is 1.24 bits per heavy atom. The zero-order valence-electron chi connectivity index (χ0n) is 9.00. The molecular formula is C12H10N4O. The Balaban J connectivity index is 2.10. The van der Waals surface area contributed by atoms with Gasteiger partial charge in [0, 0.05) is 11.9 Å². The van der Waals surface area contributed by atoms with Crippen molar-refractivity contribution in [3.63, 3.8) is 0 Å². The lowest BCUT2D eigenvalue weighted by atomic mass is 10.2. The zero-order valence-corrected chi connectivity index (χ0v) is 9.00. The third-order valence-corrected chi connectivity index (χ3v) is 2.66. The summed E-state index contributed by atoms with van der Waals surface area (Å²) >= 11 is 0. The van der Waals surface area contributed by atoms with E-state index in [1.54, 1.807) is 0 Å². The summed E-state index contributed by atoms with van der Waals surface area (Å²) in [5.41, 5.74) is 1.50. The molecule has 1 aromatic heterocycles. The van der Waals surface area contributed by atoms with Crippen LogP contribution in [0.5, 0.6) is 0 Å². The van der Waals surface area contributed by atoms with Crippen molar-refractivity contribution in [1.29, 1.82) is 0 Å². The molecule has 5 nitrogen and oxygen atoms in total. The second-order valence-electron chi connectivity index (χ2n) is 3.69. The van der Waals surface area contributed by atoms with Crippen LogP contribution in [0.2, 0.25) is 0 Å². The fourth-order valence-corrected chi connectivity index (χ4v) is 1.84. The molecule has 1 aromatic carbocycles. The van der Waals surface area contributed by atoms with Crippen molar-refractivity contribution in [3.05, 3.63) is 48.4 Å². The van der Waals surface area contributed by atoms with Crippen molar-refractivity contribution >= 4 is 17.4 Å². The van der Waals surface area contributed by atoms with E-state index in [4.69, 9.17) is 0 Å². The lowest BCUT2D eigenvalue weighted by molar-refractivity contribution is 0.0948. The molecule has 0 saturated heterocycles. The Morgan fingerprint density at radius 3 is 2.88 bits per heavy atom. The Bertz CT molecular complexity index is 555. The highest BCUT2D eigenvalue weighted by Crippen LogP contribution is 2.27. The van der Waals surface area contributed by atoms with Crippen LogP contribution in [0.3, 0.4) is 0 Å².